The molecule has 26 heavy (non-hydrogen) atoms. The number of piperazine rings is 1. The first-order valence-electron chi connectivity index (χ1n) is 7.99. The lowest BCUT2D eigenvalue weighted by molar-refractivity contribution is 0.0697. The maximum absolute atomic E-state index is 14.3. The number of nitrogens with two attached hydrogens (primary N) is 1. The van der Waals surface area contributed by atoms with Gasteiger partial charge in [-0.25, -0.2) is 9.18 Å². The lowest BCUT2D eigenvalue weighted by Crippen LogP contribution is -2.46. The summed E-state index contributed by atoms with van der Waals surface area (Å²) in [5.41, 5.74) is 6.61. The van der Waals surface area contributed by atoms with Gasteiger partial charge in [0.2, 0.25) is 5.91 Å². The van der Waals surface area contributed by atoms with Gasteiger partial charge in [0.1, 0.15) is 5.82 Å². The van der Waals surface area contributed by atoms with Gasteiger partial charge in [0, 0.05) is 37.4 Å². The van der Waals surface area contributed by atoms with Crippen molar-refractivity contribution in [3.63, 3.8) is 0 Å². The van der Waals surface area contributed by atoms with E-state index in [1.807, 2.05) is 4.90 Å². The van der Waals surface area contributed by atoms with E-state index in [0.29, 0.717) is 31.9 Å². The monoisotopic (exact) mass is 377 g/mol. The topological polar surface area (TPSA) is 86.9 Å². The van der Waals surface area contributed by atoms with Crippen molar-refractivity contribution in [2.75, 3.05) is 36.0 Å². The number of primary amides is 1. The number of carboxylic acids is 1. The van der Waals surface area contributed by atoms with E-state index in [0.717, 1.165) is 11.8 Å². The van der Waals surface area contributed by atoms with E-state index in [-0.39, 0.29) is 16.1 Å². The van der Waals surface area contributed by atoms with Crippen LogP contribution in [0, 0.1) is 5.82 Å². The third-order valence-electron chi connectivity index (χ3n) is 4.40. The molecule has 0 saturated carbocycles. The van der Waals surface area contributed by atoms with E-state index in [1.165, 1.54) is 12.1 Å². The van der Waals surface area contributed by atoms with Crippen LogP contribution in [0.4, 0.5) is 15.8 Å². The molecule has 1 aliphatic heterocycles. The molecular formula is C18H17ClFN3O3. The summed E-state index contributed by atoms with van der Waals surface area (Å²) in [6.45, 7) is 2.40. The molecule has 3 N–H and O–H groups in total. The Balaban J connectivity index is 1.70. The summed E-state index contributed by atoms with van der Waals surface area (Å²) in [4.78, 5) is 26.1. The van der Waals surface area contributed by atoms with Crippen molar-refractivity contribution in [2.45, 2.75) is 0 Å². The van der Waals surface area contributed by atoms with Gasteiger partial charge < -0.3 is 20.6 Å². The minimum absolute atomic E-state index is 0.0608. The fourth-order valence-corrected chi connectivity index (χ4v) is 3.25. The molecule has 136 valence electrons. The van der Waals surface area contributed by atoms with Crippen LogP contribution in [0.25, 0.3) is 0 Å². The Morgan fingerprint density at radius 2 is 1.69 bits per heavy atom. The number of aromatic carboxylic acids is 1. The Hall–Kier alpha value is -2.80. The fraction of sp³-hybridized carbons (Fsp3) is 0.222. The molecule has 2 aromatic carbocycles. The average Bonchev–Trinajstić information content (AvgIpc) is 2.61. The third-order valence-corrected chi connectivity index (χ3v) is 4.71. The highest BCUT2D eigenvalue weighted by Crippen LogP contribution is 2.27. The number of amides is 1. The van der Waals surface area contributed by atoms with Crippen molar-refractivity contribution in [3.8, 4) is 0 Å². The van der Waals surface area contributed by atoms with E-state index >= 15 is 0 Å². The van der Waals surface area contributed by atoms with E-state index in [1.54, 1.807) is 18.2 Å². The van der Waals surface area contributed by atoms with Crippen LogP contribution in [-0.4, -0.2) is 43.2 Å². The Morgan fingerprint density at radius 1 is 1.04 bits per heavy atom. The highest BCUT2D eigenvalue weighted by atomic mass is 35.5. The largest absolute Gasteiger partial charge is 0.478 e. The SMILES string of the molecule is NC(=O)c1ccc(N2CCN(c3ccc(C(=O)O)c(Cl)c3)CC2)c(F)c1. The summed E-state index contributed by atoms with van der Waals surface area (Å²) in [5, 5.41) is 9.22. The van der Waals surface area contributed by atoms with Crippen LogP contribution < -0.4 is 15.5 Å². The molecule has 1 saturated heterocycles. The summed E-state index contributed by atoms with van der Waals surface area (Å²) >= 11 is 6.02. The number of halogens is 2. The number of carboxylic acid groups (broad SMARTS) is 1. The van der Waals surface area contributed by atoms with Crippen LogP contribution in [0.5, 0.6) is 0 Å². The number of carbonyl (C=O) groups excluding carboxylic acids is 1. The standard InChI is InChI=1S/C18H17ClFN3O3/c19-14-10-12(2-3-13(14)18(25)26)22-5-7-23(8-6-22)16-4-1-11(17(21)24)9-15(16)20/h1-4,9-10H,5-8H2,(H2,21,24)(H,25,26). The molecule has 0 aromatic heterocycles. The van der Waals surface area contributed by atoms with Gasteiger partial charge in [-0.05, 0) is 36.4 Å². The Kier molecular flexibility index (Phi) is 4.99. The minimum atomic E-state index is -1.07. The number of benzene rings is 2. The smallest absolute Gasteiger partial charge is 0.337 e. The quantitative estimate of drug-likeness (QED) is 0.855. The van der Waals surface area contributed by atoms with Crippen LogP contribution in [0.2, 0.25) is 5.02 Å². The van der Waals surface area contributed by atoms with Gasteiger partial charge in [-0.15, -0.1) is 0 Å². The molecule has 1 fully saturated rings. The summed E-state index contributed by atoms with van der Waals surface area (Å²) in [6, 6.07) is 9.04. The predicted molar refractivity (Wildman–Crippen MR) is 97.8 cm³/mol. The molecule has 0 bridgehead atoms. The van der Waals surface area contributed by atoms with Gasteiger partial charge >= 0.3 is 5.97 Å². The number of hydrogen-bond donors (Lipinski definition) is 2. The molecular weight excluding hydrogens is 361 g/mol. The molecule has 1 aliphatic rings. The van der Waals surface area contributed by atoms with Gasteiger partial charge in [0.25, 0.3) is 0 Å². The first-order chi connectivity index (χ1) is 12.4. The third kappa shape index (κ3) is 3.57. The number of hydrogen-bond acceptors (Lipinski definition) is 4. The minimum Gasteiger partial charge on any atom is -0.478 e. The molecule has 8 heteroatoms. The predicted octanol–water partition coefficient (Wildman–Crippen LogP) is 2.60. The zero-order valence-corrected chi connectivity index (χ0v) is 14.5. The second-order valence-electron chi connectivity index (χ2n) is 5.97. The summed E-state index contributed by atoms with van der Waals surface area (Å²) in [5.74, 6) is -2.22. The molecule has 0 atom stereocenters. The molecule has 0 spiro atoms. The van der Waals surface area contributed by atoms with Gasteiger partial charge in [0.05, 0.1) is 16.3 Å². The van der Waals surface area contributed by atoms with Crippen molar-refractivity contribution >= 4 is 34.9 Å². The zero-order chi connectivity index (χ0) is 18.8. The Morgan fingerprint density at radius 3 is 2.23 bits per heavy atom. The second-order valence-corrected chi connectivity index (χ2v) is 6.38. The van der Waals surface area contributed by atoms with Gasteiger partial charge in [0.15, 0.2) is 0 Å². The Bertz CT molecular complexity index is 867. The highest BCUT2D eigenvalue weighted by molar-refractivity contribution is 6.33. The first-order valence-corrected chi connectivity index (χ1v) is 8.36. The number of anilines is 2. The molecule has 2 aromatic rings. The molecule has 0 unspecified atom stereocenters. The second kappa shape index (κ2) is 7.21. The number of rotatable bonds is 4. The molecule has 1 amide bonds. The summed E-state index contributed by atoms with van der Waals surface area (Å²) in [6.07, 6.45) is 0. The molecule has 1 heterocycles. The first kappa shape index (κ1) is 18.0. The van der Waals surface area contributed by atoms with Crippen LogP contribution in [-0.2, 0) is 0 Å². The maximum atomic E-state index is 14.3. The Labute approximate surface area is 154 Å². The highest BCUT2D eigenvalue weighted by Gasteiger charge is 2.21. The van der Waals surface area contributed by atoms with Crippen molar-refractivity contribution in [3.05, 3.63) is 58.4 Å². The van der Waals surface area contributed by atoms with Gasteiger partial charge in [-0.1, -0.05) is 11.6 Å². The van der Waals surface area contributed by atoms with E-state index in [9.17, 15) is 14.0 Å². The number of nitrogens with zero attached hydrogens (tertiary/aromatic N) is 2. The zero-order valence-electron chi connectivity index (χ0n) is 13.8. The van der Waals surface area contributed by atoms with Gasteiger partial charge in [-0.2, -0.15) is 0 Å². The molecule has 0 aliphatic carbocycles. The summed E-state index contributed by atoms with van der Waals surface area (Å²) in [7, 11) is 0. The molecule has 0 radical (unpaired) electrons. The summed E-state index contributed by atoms with van der Waals surface area (Å²) < 4.78 is 14.3. The lowest BCUT2D eigenvalue weighted by atomic mass is 10.1. The average molecular weight is 378 g/mol. The molecule has 6 nitrogen and oxygen atoms in total. The maximum Gasteiger partial charge on any atom is 0.337 e. The lowest BCUT2D eigenvalue weighted by Gasteiger charge is -2.37. The van der Waals surface area contributed by atoms with Crippen LogP contribution in [0.15, 0.2) is 36.4 Å². The van der Waals surface area contributed by atoms with Crippen molar-refractivity contribution < 1.29 is 19.1 Å². The fourth-order valence-electron chi connectivity index (χ4n) is 3.00. The van der Waals surface area contributed by atoms with Crippen LogP contribution in [0.3, 0.4) is 0 Å². The van der Waals surface area contributed by atoms with E-state index in [2.05, 4.69) is 4.90 Å². The normalized spacial score (nSPS) is 14.4. The van der Waals surface area contributed by atoms with Crippen molar-refractivity contribution in [1.29, 1.82) is 0 Å². The van der Waals surface area contributed by atoms with E-state index < -0.39 is 17.7 Å². The van der Waals surface area contributed by atoms with Gasteiger partial charge in [-0.3, -0.25) is 4.79 Å². The van der Waals surface area contributed by atoms with Crippen LogP contribution in [0.1, 0.15) is 20.7 Å². The van der Waals surface area contributed by atoms with Crippen molar-refractivity contribution in [2.24, 2.45) is 5.73 Å². The van der Waals surface area contributed by atoms with Crippen molar-refractivity contribution in [1.82, 2.24) is 0 Å². The van der Waals surface area contributed by atoms with Crippen LogP contribution >= 0.6 is 11.6 Å². The molecule has 3 rings (SSSR count). The number of carbonyl (C=O) groups is 2. The van der Waals surface area contributed by atoms with E-state index in [4.69, 9.17) is 22.4 Å².